The topological polar surface area (TPSA) is 71.5 Å². The number of likely N-dealkylation sites (tertiary alicyclic amines) is 1. The summed E-state index contributed by atoms with van der Waals surface area (Å²) in [6.45, 7) is 4.08. The van der Waals surface area contributed by atoms with Gasteiger partial charge in [0.2, 0.25) is 5.91 Å². The Morgan fingerprint density at radius 1 is 1.30 bits per heavy atom. The molecule has 0 radical (unpaired) electrons. The Morgan fingerprint density at radius 2 is 2.13 bits per heavy atom. The zero-order chi connectivity index (χ0) is 21.1. The Bertz CT molecular complexity index is 922. The summed E-state index contributed by atoms with van der Waals surface area (Å²) in [7, 11) is 1.63. The van der Waals surface area contributed by atoms with Crippen LogP contribution in [0.2, 0.25) is 0 Å². The number of methoxy groups -OCH3 is 1. The van der Waals surface area contributed by atoms with Gasteiger partial charge in [-0.1, -0.05) is 0 Å². The minimum Gasteiger partial charge on any atom is -0.497 e. The molecule has 1 saturated heterocycles. The highest BCUT2D eigenvalue weighted by molar-refractivity contribution is 7.09. The standard InChI is InChI=1S/C23H29N3O3S/c1-15-12-19(29-2)7-8-20(15)23(28)26-11-3-4-17(13-26)22-25-18(14-30-22)9-10-24-21(27)16-5-6-16/h7-8,12,14,16-17H,3-6,9-11,13H2,1-2H3,(H,24,27)/t17-/m0/s1. The average molecular weight is 428 g/mol. The first kappa shape index (κ1) is 20.8. The van der Waals surface area contributed by atoms with E-state index in [4.69, 9.17) is 9.72 Å². The van der Waals surface area contributed by atoms with E-state index in [0.717, 1.165) is 66.2 Å². The van der Waals surface area contributed by atoms with Gasteiger partial charge in [-0.25, -0.2) is 4.98 Å². The molecular formula is C23H29N3O3S. The van der Waals surface area contributed by atoms with Gasteiger partial charge in [-0.3, -0.25) is 9.59 Å². The van der Waals surface area contributed by atoms with Crippen LogP contribution in [0.1, 0.15) is 58.2 Å². The summed E-state index contributed by atoms with van der Waals surface area (Å²) in [5.41, 5.74) is 2.70. The van der Waals surface area contributed by atoms with E-state index in [1.165, 1.54) is 0 Å². The van der Waals surface area contributed by atoms with E-state index in [-0.39, 0.29) is 23.7 Å². The maximum atomic E-state index is 13.1. The number of ether oxygens (including phenoxy) is 1. The summed E-state index contributed by atoms with van der Waals surface area (Å²) in [5.74, 6) is 1.56. The second-order valence-corrected chi connectivity index (χ2v) is 9.15. The van der Waals surface area contributed by atoms with E-state index in [0.29, 0.717) is 13.1 Å². The lowest BCUT2D eigenvalue weighted by molar-refractivity contribution is -0.122. The van der Waals surface area contributed by atoms with Gasteiger partial charge < -0.3 is 15.0 Å². The van der Waals surface area contributed by atoms with Gasteiger partial charge in [0.05, 0.1) is 17.8 Å². The highest BCUT2D eigenvalue weighted by atomic mass is 32.1. The molecule has 2 amide bonds. The number of amides is 2. The third kappa shape index (κ3) is 4.83. The molecule has 0 spiro atoms. The fourth-order valence-electron chi connectivity index (χ4n) is 3.97. The van der Waals surface area contributed by atoms with Gasteiger partial charge in [-0.2, -0.15) is 0 Å². The highest BCUT2D eigenvalue weighted by Gasteiger charge is 2.30. The van der Waals surface area contributed by atoms with Crippen LogP contribution in [0.5, 0.6) is 5.75 Å². The molecule has 1 aromatic carbocycles. The first-order valence-electron chi connectivity index (χ1n) is 10.7. The second-order valence-electron chi connectivity index (χ2n) is 8.26. The molecule has 1 aliphatic heterocycles. The molecule has 4 rings (SSSR count). The van der Waals surface area contributed by atoms with Crippen molar-refractivity contribution in [1.29, 1.82) is 0 Å². The summed E-state index contributed by atoms with van der Waals surface area (Å²) in [6.07, 6.45) is 4.85. The molecule has 1 aliphatic carbocycles. The Morgan fingerprint density at radius 3 is 2.87 bits per heavy atom. The number of piperidine rings is 1. The third-order valence-corrected chi connectivity index (χ3v) is 6.98. The molecule has 2 aromatic rings. The molecule has 1 N–H and O–H groups in total. The predicted octanol–water partition coefficient (Wildman–Crippen LogP) is 3.55. The molecule has 30 heavy (non-hydrogen) atoms. The van der Waals surface area contributed by atoms with Crippen LogP contribution in [0, 0.1) is 12.8 Å². The normalized spacial score (nSPS) is 18.9. The lowest BCUT2D eigenvalue weighted by Gasteiger charge is -2.32. The number of rotatable bonds is 7. The minimum atomic E-state index is 0.0828. The first-order chi connectivity index (χ1) is 14.5. The number of thiazole rings is 1. The lowest BCUT2D eigenvalue weighted by atomic mass is 9.97. The van der Waals surface area contributed by atoms with Crippen LogP contribution in [0.4, 0.5) is 0 Å². The molecule has 6 nitrogen and oxygen atoms in total. The van der Waals surface area contributed by atoms with E-state index in [1.54, 1.807) is 18.4 Å². The van der Waals surface area contributed by atoms with Crippen molar-refractivity contribution in [3.8, 4) is 5.75 Å². The maximum Gasteiger partial charge on any atom is 0.254 e. The largest absolute Gasteiger partial charge is 0.497 e. The van der Waals surface area contributed by atoms with Crippen molar-refractivity contribution < 1.29 is 14.3 Å². The number of hydrogen-bond acceptors (Lipinski definition) is 5. The van der Waals surface area contributed by atoms with Gasteiger partial charge in [0.25, 0.3) is 5.91 Å². The molecule has 7 heteroatoms. The van der Waals surface area contributed by atoms with Crippen LogP contribution in [-0.2, 0) is 11.2 Å². The monoisotopic (exact) mass is 427 g/mol. The smallest absolute Gasteiger partial charge is 0.254 e. The summed E-state index contributed by atoms with van der Waals surface area (Å²) < 4.78 is 5.25. The fourth-order valence-corrected chi connectivity index (χ4v) is 4.95. The summed E-state index contributed by atoms with van der Waals surface area (Å²) in [5, 5.41) is 6.19. The van der Waals surface area contributed by atoms with Crippen LogP contribution >= 0.6 is 11.3 Å². The molecule has 2 fully saturated rings. The van der Waals surface area contributed by atoms with Gasteiger partial charge in [0.1, 0.15) is 5.75 Å². The molecule has 0 unspecified atom stereocenters. The summed E-state index contributed by atoms with van der Waals surface area (Å²) in [6, 6.07) is 5.61. The van der Waals surface area contributed by atoms with Crippen molar-refractivity contribution in [2.75, 3.05) is 26.7 Å². The maximum absolute atomic E-state index is 13.1. The van der Waals surface area contributed by atoms with Gasteiger partial charge in [0.15, 0.2) is 0 Å². The van der Waals surface area contributed by atoms with E-state index >= 15 is 0 Å². The molecule has 2 aliphatic rings. The summed E-state index contributed by atoms with van der Waals surface area (Å²) >= 11 is 1.67. The Labute approximate surface area is 181 Å². The predicted molar refractivity (Wildman–Crippen MR) is 117 cm³/mol. The van der Waals surface area contributed by atoms with Crippen molar-refractivity contribution in [3.63, 3.8) is 0 Å². The molecule has 2 heterocycles. The Hall–Kier alpha value is -2.41. The molecule has 160 valence electrons. The number of nitrogens with zero attached hydrogens (tertiary/aromatic N) is 2. The van der Waals surface area contributed by atoms with Gasteiger partial charge >= 0.3 is 0 Å². The molecule has 1 atom stereocenters. The second kappa shape index (κ2) is 9.16. The quantitative estimate of drug-likeness (QED) is 0.734. The molecule has 1 saturated carbocycles. The van der Waals surface area contributed by atoms with Crippen LogP contribution in [0.3, 0.4) is 0 Å². The number of carbonyl (C=O) groups excluding carboxylic acids is 2. The zero-order valence-corrected chi connectivity index (χ0v) is 18.5. The van der Waals surface area contributed by atoms with Gasteiger partial charge in [-0.15, -0.1) is 11.3 Å². The number of aryl methyl sites for hydroxylation is 1. The summed E-state index contributed by atoms with van der Waals surface area (Å²) in [4.78, 5) is 31.6. The Balaban J connectivity index is 1.35. The van der Waals surface area contributed by atoms with Gasteiger partial charge in [0, 0.05) is 48.8 Å². The highest BCUT2D eigenvalue weighted by Crippen LogP contribution is 2.31. The first-order valence-corrected chi connectivity index (χ1v) is 11.6. The lowest BCUT2D eigenvalue weighted by Crippen LogP contribution is -2.39. The van der Waals surface area contributed by atoms with Crippen molar-refractivity contribution in [2.45, 2.75) is 44.9 Å². The number of nitrogens with one attached hydrogen (secondary N) is 1. The Kier molecular flexibility index (Phi) is 6.37. The number of aromatic nitrogens is 1. The molecular weight excluding hydrogens is 398 g/mol. The number of hydrogen-bond donors (Lipinski definition) is 1. The van der Waals surface area contributed by atoms with Crippen LogP contribution in [0.15, 0.2) is 23.6 Å². The van der Waals surface area contributed by atoms with E-state index in [9.17, 15) is 9.59 Å². The van der Waals surface area contributed by atoms with E-state index in [2.05, 4.69) is 10.7 Å². The van der Waals surface area contributed by atoms with Crippen molar-refractivity contribution in [3.05, 3.63) is 45.4 Å². The SMILES string of the molecule is COc1ccc(C(=O)N2CCC[C@H](c3nc(CCNC(=O)C4CC4)cs3)C2)c(C)c1. The van der Waals surface area contributed by atoms with Crippen LogP contribution in [0.25, 0.3) is 0 Å². The number of carbonyl (C=O) groups is 2. The van der Waals surface area contributed by atoms with Crippen molar-refractivity contribution in [1.82, 2.24) is 15.2 Å². The third-order valence-electron chi connectivity index (χ3n) is 5.92. The van der Waals surface area contributed by atoms with Crippen molar-refractivity contribution >= 4 is 23.2 Å². The van der Waals surface area contributed by atoms with Crippen LogP contribution in [-0.4, -0.2) is 48.4 Å². The molecule has 1 aromatic heterocycles. The average Bonchev–Trinajstić information content (AvgIpc) is 3.52. The van der Waals surface area contributed by atoms with Crippen molar-refractivity contribution in [2.24, 2.45) is 5.92 Å². The number of benzene rings is 1. The minimum absolute atomic E-state index is 0.0828. The van der Waals surface area contributed by atoms with Gasteiger partial charge in [-0.05, 0) is 56.4 Å². The fraction of sp³-hybridized carbons (Fsp3) is 0.522. The van der Waals surface area contributed by atoms with E-state index < -0.39 is 0 Å². The molecule has 0 bridgehead atoms. The van der Waals surface area contributed by atoms with E-state index in [1.807, 2.05) is 30.0 Å². The zero-order valence-electron chi connectivity index (χ0n) is 17.6. The van der Waals surface area contributed by atoms with Crippen LogP contribution < -0.4 is 10.1 Å².